The Morgan fingerprint density at radius 3 is 1.70 bits per heavy atom. The van der Waals surface area contributed by atoms with E-state index in [0.29, 0.717) is 5.56 Å². The zero-order valence-electron chi connectivity index (χ0n) is 30.0. The van der Waals surface area contributed by atoms with E-state index in [0.717, 1.165) is 82.3 Å². The molecule has 0 aliphatic heterocycles. The van der Waals surface area contributed by atoms with E-state index < -0.39 is 6.04 Å². The molecule has 0 spiro atoms. The molecule has 0 radical (unpaired) electrons. The topological polar surface area (TPSA) is 30.2 Å². The Morgan fingerprint density at radius 1 is 0.468 bits per heavy atom. The smallest absolute Gasteiger partial charge is 0.146 e. The van der Waals surface area contributed by atoms with Crippen molar-refractivity contribution in [3.8, 4) is 33.5 Å². The van der Waals surface area contributed by atoms with Crippen LogP contribution in [0.5, 0.6) is 0 Å². The lowest BCUT2D eigenvalue weighted by atomic mass is 9.86. The van der Waals surface area contributed by atoms with Crippen molar-refractivity contribution in [3.05, 3.63) is 164 Å². The van der Waals surface area contributed by atoms with Gasteiger partial charge >= 0.3 is 0 Å². The molecule has 47 heavy (non-hydrogen) atoms. The number of hydrogen-bond acceptors (Lipinski definition) is 2. The highest BCUT2D eigenvalue weighted by Crippen LogP contribution is 2.44. The summed E-state index contributed by atoms with van der Waals surface area (Å²) in [5, 5.41) is 6.70. The number of aromatic nitrogens is 3. The van der Waals surface area contributed by atoms with Crippen molar-refractivity contribution in [3.63, 3.8) is 0 Å². The molecule has 0 saturated heterocycles. The van der Waals surface area contributed by atoms with Gasteiger partial charge in [-0.15, -0.1) is 0 Å². The van der Waals surface area contributed by atoms with Crippen molar-refractivity contribution in [2.45, 2.75) is 0 Å². The van der Waals surface area contributed by atoms with Crippen molar-refractivity contribution >= 4 is 59.9 Å². The quantitative estimate of drug-likeness (QED) is 0.149. The summed E-state index contributed by atoms with van der Waals surface area (Å²) in [4.78, 5) is 10.0. The molecule has 3 nitrogen and oxygen atoms in total. The molecule has 0 amide bonds. The average Bonchev–Trinajstić information content (AvgIpc) is 3.59. The first-order valence-corrected chi connectivity index (χ1v) is 15.6. The zero-order valence-corrected chi connectivity index (χ0v) is 25.0. The van der Waals surface area contributed by atoms with Gasteiger partial charge in [0.15, 0.2) is 0 Å². The molecular weight excluding hydrogens is 571 g/mol. The van der Waals surface area contributed by atoms with E-state index in [1.807, 2.05) is 72.9 Å². The molecule has 0 atom stereocenters. The summed E-state index contributed by atoms with van der Waals surface area (Å²) < 4.78 is 44.9. The third kappa shape index (κ3) is 3.87. The summed E-state index contributed by atoms with van der Waals surface area (Å²) in [7, 11) is 0. The fourth-order valence-corrected chi connectivity index (χ4v) is 7.25. The average molecular weight is 603 g/mol. The van der Waals surface area contributed by atoms with E-state index in [-0.39, 0.29) is 29.7 Å². The highest BCUT2D eigenvalue weighted by Gasteiger charge is 2.18. The minimum absolute atomic E-state index is 0.204. The largest absolute Gasteiger partial charge is 0.292 e. The van der Waals surface area contributed by atoms with Crippen LogP contribution in [0.15, 0.2) is 164 Å². The van der Waals surface area contributed by atoms with Gasteiger partial charge in [0.2, 0.25) is 0 Å². The first-order chi connectivity index (χ1) is 25.4. The van der Waals surface area contributed by atoms with Crippen LogP contribution in [0.1, 0.15) is 6.85 Å². The molecule has 218 valence electrons. The molecule has 0 saturated carbocycles. The van der Waals surface area contributed by atoms with Gasteiger partial charge < -0.3 is 0 Å². The zero-order chi connectivity index (χ0) is 35.2. The third-order valence-electron chi connectivity index (χ3n) is 9.29. The van der Waals surface area contributed by atoms with Crippen molar-refractivity contribution in [2.75, 3.05) is 0 Å². The van der Waals surface area contributed by atoms with Crippen LogP contribution < -0.4 is 0 Å². The van der Waals surface area contributed by atoms with Crippen LogP contribution in [-0.2, 0) is 0 Å². The van der Waals surface area contributed by atoms with Crippen LogP contribution in [0.2, 0.25) is 0 Å². The molecule has 3 heteroatoms. The standard InChI is InChI=1S/C44H27N3/c1-2-12-29(13-3-1)42-32-15-4-6-17-34(32)43(35-18-7-5-16-33(35)42)30-24-22-28(23-25-30)39-26-36-37(27-45-39)31-14-8-10-20-40(31)47-41-21-11-9-19-38(41)46-44(36)47/h1-27H/i1D,2D,3D,12D,13D. The summed E-state index contributed by atoms with van der Waals surface area (Å²) in [6, 6.07) is 41.5. The molecule has 0 N–H and O–H groups in total. The van der Waals surface area contributed by atoms with Gasteiger partial charge in [-0.1, -0.05) is 133 Å². The first-order valence-electron chi connectivity index (χ1n) is 18.1. The van der Waals surface area contributed by atoms with Crippen LogP contribution in [0.3, 0.4) is 0 Å². The number of imidazole rings is 1. The summed E-state index contributed by atoms with van der Waals surface area (Å²) in [6.45, 7) is 0. The number of benzene rings is 7. The lowest BCUT2D eigenvalue weighted by Gasteiger charge is -2.18. The van der Waals surface area contributed by atoms with Crippen molar-refractivity contribution < 1.29 is 6.85 Å². The predicted molar refractivity (Wildman–Crippen MR) is 197 cm³/mol. The van der Waals surface area contributed by atoms with E-state index in [2.05, 4.69) is 65.1 Å². The van der Waals surface area contributed by atoms with Gasteiger partial charge in [0.1, 0.15) is 5.65 Å². The lowest BCUT2D eigenvalue weighted by Crippen LogP contribution is -1.93. The molecule has 0 aliphatic carbocycles. The van der Waals surface area contributed by atoms with Crippen molar-refractivity contribution in [2.24, 2.45) is 0 Å². The second kappa shape index (κ2) is 10.1. The van der Waals surface area contributed by atoms with Gasteiger partial charge in [-0.3, -0.25) is 9.38 Å². The minimum atomic E-state index is -0.402. The van der Waals surface area contributed by atoms with Crippen molar-refractivity contribution in [1.29, 1.82) is 0 Å². The fourth-order valence-electron chi connectivity index (χ4n) is 7.25. The molecule has 7 aromatic carbocycles. The molecule has 0 fully saturated rings. The van der Waals surface area contributed by atoms with E-state index >= 15 is 0 Å². The van der Waals surface area contributed by atoms with Gasteiger partial charge in [0, 0.05) is 27.9 Å². The number of fused-ring (bicyclic) bond motifs is 10. The Bertz CT molecular complexity index is 3050. The summed E-state index contributed by atoms with van der Waals surface area (Å²) in [6.07, 6.45) is 1.96. The summed E-state index contributed by atoms with van der Waals surface area (Å²) >= 11 is 0. The Labute approximate surface area is 278 Å². The minimum Gasteiger partial charge on any atom is -0.292 e. The van der Waals surface area contributed by atoms with Gasteiger partial charge in [-0.25, -0.2) is 4.98 Å². The molecule has 10 aromatic rings. The number of para-hydroxylation sites is 3. The Balaban J connectivity index is 1.17. The lowest BCUT2D eigenvalue weighted by molar-refractivity contribution is 1.30. The normalized spacial score (nSPS) is 13.3. The molecule has 3 heterocycles. The van der Waals surface area contributed by atoms with Crippen LogP contribution in [0.4, 0.5) is 0 Å². The SMILES string of the molecule is [2H]c1c([2H])c([2H])c(-c2c3ccccc3c(-c3ccc(-c4cc5c(cn4)c4ccccc4n4c6ccccc6nc54)cc3)c3ccccc23)c([2H])c1[2H]. The Morgan fingerprint density at radius 2 is 1.02 bits per heavy atom. The second-order valence-electron chi connectivity index (χ2n) is 11.8. The monoisotopic (exact) mass is 602 g/mol. The highest BCUT2D eigenvalue weighted by molar-refractivity contribution is 6.21. The van der Waals surface area contributed by atoms with E-state index in [1.165, 1.54) is 0 Å². The number of rotatable bonds is 3. The molecule has 0 bridgehead atoms. The maximum atomic E-state index is 8.83. The summed E-state index contributed by atoms with van der Waals surface area (Å²) in [5.41, 5.74) is 8.66. The maximum absolute atomic E-state index is 8.83. The number of hydrogen-bond donors (Lipinski definition) is 0. The third-order valence-corrected chi connectivity index (χ3v) is 9.29. The predicted octanol–water partition coefficient (Wildman–Crippen LogP) is 11.5. The molecular formula is C44H27N3. The summed E-state index contributed by atoms with van der Waals surface area (Å²) in [5.74, 6) is 0. The fraction of sp³-hybridized carbons (Fsp3) is 0. The van der Waals surface area contributed by atoms with Crippen molar-refractivity contribution in [1.82, 2.24) is 14.4 Å². The van der Waals surface area contributed by atoms with Crippen LogP contribution in [0, 0.1) is 0 Å². The van der Waals surface area contributed by atoms with Gasteiger partial charge in [-0.2, -0.15) is 0 Å². The van der Waals surface area contributed by atoms with E-state index in [4.69, 9.17) is 16.8 Å². The Hall–Kier alpha value is -6.32. The second-order valence-corrected chi connectivity index (χ2v) is 11.8. The van der Waals surface area contributed by atoms with Gasteiger partial charge in [-0.05, 0) is 68.1 Å². The highest BCUT2D eigenvalue weighted by atomic mass is 15.0. The maximum Gasteiger partial charge on any atom is 0.146 e. The number of pyridine rings is 2. The Kier molecular flexibility index (Phi) is 4.60. The van der Waals surface area contributed by atoms with Crippen LogP contribution >= 0.6 is 0 Å². The molecule has 0 aliphatic rings. The van der Waals surface area contributed by atoms with E-state index in [1.54, 1.807) is 0 Å². The van der Waals surface area contributed by atoms with E-state index in [9.17, 15) is 0 Å². The number of nitrogens with zero attached hydrogens (tertiary/aromatic N) is 3. The van der Waals surface area contributed by atoms with Crippen LogP contribution in [-0.4, -0.2) is 14.4 Å². The van der Waals surface area contributed by atoms with Gasteiger partial charge in [0.25, 0.3) is 0 Å². The van der Waals surface area contributed by atoms with Crippen LogP contribution in [0.25, 0.3) is 93.4 Å². The molecule has 3 aromatic heterocycles. The molecule has 10 rings (SSSR count). The van der Waals surface area contributed by atoms with Gasteiger partial charge in [0.05, 0.1) is 29.1 Å². The first kappa shape index (κ1) is 21.4. The molecule has 0 unspecified atom stereocenters.